The van der Waals surface area contributed by atoms with Gasteiger partial charge in [-0.05, 0) is 30.7 Å². The van der Waals surface area contributed by atoms with E-state index in [2.05, 4.69) is 20.0 Å². The number of nitrogens with zero attached hydrogens (tertiary/aromatic N) is 4. The summed E-state index contributed by atoms with van der Waals surface area (Å²) in [5.74, 6) is 0. The lowest BCUT2D eigenvalue weighted by atomic mass is 10.4. The first-order valence-corrected chi connectivity index (χ1v) is 9.28. The Hall–Kier alpha value is -2.10. The van der Waals surface area contributed by atoms with E-state index in [1.54, 1.807) is 35.4 Å². The Morgan fingerprint density at radius 3 is 2.87 bits per heavy atom. The average molecular weight is 349 g/mol. The maximum Gasteiger partial charge on any atom is 0.250 e. The molecule has 0 fully saturated rings. The number of sulfonamides is 1. The number of nitrogens with one attached hydrogen (secondary N) is 1. The zero-order valence-electron chi connectivity index (χ0n) is 12.4. The van der Waals surface area contributed by atoms with Crippen LogP contribution in [-0.4, -0.2) is 28.4 Å². The smallest absolute Gasteiger partial charge is 0.250 e. The van der Waals surface area contributed by atoms with Crippen molar-refractivity contribution in [3.8, 4) is 5.69 Å². The number of hydrogen-bond acceptors (Lipinski definition) is 6. The maximum absolute atomic E-state index is 12.2. The van der Waals surface area contributed by atoms with Crippen molar-refractivity contribution in [1.82, 2.24) is 24.7 Å². The Balaban J connectivity index is 1.70. The third-order valence-corrected chi connectivity index (χ3v) is 6.27. The highest BCUT2D eigenvalue weighted by atomic mass is 32.2. The van der Waals surface area contributed by atoms with Crippen LogP contribution in [0.5, 0.6) is 0 Å². The van der Waals surface area contributed by atoms with Gasteiger partial charge in [0.1, 0.15) is 4.21 Å². The van der Waals surface area contributed by atoms with E-state index < -0.39 is 10.0 Å². The first kappa shape index (κ1) is 15.8. The van der Waals surface area contributed by atoms with Crippen molar-refractivity contribution < 1.29 is 8.42 Å². The van der Waals surface area contributed by atoms with Gasteiger partial charge in [0.15, 0.2) is 0 Å². The number of rotatable bonds is 6. The van der Waals surface area contributed by atoms with Crippen LogP contribution in [0.3, 0.4) is 0 Å². The predicted molar refractivity (Wildman–Crippen MR) is 86.9 cm³/mol. The number of aromatic nitrogens is 4. The van der Waals surface area contributed by atoms with E-state index in [-0.39, 0.29) is 6.54 Å². The molecular formula is C14H15N5O2S2. The summed E-state index contributed by atoms with van der Waals surface area (Å²) in [7, 11) is -3.52. The van der Waals surface area contributed by atoms with Gasteiger partial charge >= 0.3 is 0 Å². The Labute approximate surface area is 138 Å². The number of pyridine rings is 1. The number of aryl methyl sites for hydroxylation is 1. The van der Waals surface area contributed by atoms with Crippen LogP contribution in [0, 0.1) is 0 Å². The summed E-state index contributed by atoms with van der Waals surface area (Å²) >= 11 is 1.28. The number of hydrogen-bond donors (Lipinski definition) is 1. The minimum absolute atomic E-state index is 0.0853. The highest BCUT2D eigenvalue weighted by molar-refractivity contribution is 7.91. The van der Waals surface area contributed by atoms with Gasteiger partial charge in [-0.25, -0.2) is 17.8 Å². The van der Waals surface area contributed by atoms with Crippen molar-refractivity contribution in [3.63, 3.8) is 0 Å². The summed E-state index contributed by atoms with van der Waals surface area (Å²) in [6, 6.07) is 7.09. The summed E-state index contributed by atoms with van der Waals surface area (Å²) in [5, 5.41) is 7.94. The second-order valence-electron chi connectivity index (χ2n) is 4.76. The van der Waals surface area contributed by atoms with E-state index in [0.717, 1.165) is 17.0 Å². The molecule has 0 atom stereocenters. The van der Waals surface area contributed by atoms with Crippen LogP contribution in [0.4, 0.5) is 0 Å². The normalized spacial score (nSPS) is 11.7. The molecule has 1 N–H and O–H groups in total. The minimum Gasteiger partial charge on any atom is -0.262 e. The minimum atomic E-state index is -3.52. The molecule has 3 rings (SSSR count). The lowest BCUT2D eigenvalue weighted by Gasteiger charge is -2.02. The van der Waals surface area contributed by atoms with Crippen LogP contribution < -0.4 is 4.72 Å². The van der Waals surface area contributed by atoms with E-state index in [4.69, 9.17) is 0 Å². The van der Waals surface area contributed by atoms with Crippen LogP contribution in [-0.2, 0) is 23.0 Å². The fourth-order valence-corrected chi connectivity index (χ4v) is 4.27. The van der Waals surface area contributed by atoms with E-state index in [1.165, 1.54) is 11.3 Å². The average Bonchev–Trinajstić information content (AvgIpc) is 3.23. The molecule has 0 amide bonds. The van der Waals surface area contributed by atoms with Crippen molar-refractivity contribution >= 4 is 21.4 Å². The Morgan fingerprint density at radius 2 is 2.17 bits per heavy atom. The van der Waals surface area contributed by atoms with E-state index in [9.17, 15) is 8.42 Å². The lowest BCUT2D eigenvalue weighted by molar-refractivity contribution is 0.582. The second kappa shape index (κ2) is 6.57. The van der Waals surface area contributed by atoms with Crippen molar-refractivity contribution in [2.45, 2.75) is 24.1 Å². The molecule has 0 saturated heterocycles. The highest BCUT2D eigenvalue weighted by Gasteiger charge is 2.17. The molecule has 9 heteroatoms. The van der Waals surface area contributed by atoms with Gasteiger partial charge in [0.2, 0.25) is 10.0 Å². The summed E-state index contributed by atoms with van der Waals surface area (Å²) in [5.41, 5.74) is 1.30. The third-order valence-electron chi connectivity index (χ3n) is 3.14. The standard InChI is InChI=1S/C14H15N5O2S2/c1-2-13-5-6-14(22-13)23(20,21)16-8-11-10-19(18-17-11)12-4-3-7-15-9-12/h3-7,9-10,16H,2,8H2,1H3. The first-order chi connectivity index (χ1) is 11.1. The molecule has 23 heavy (non-hydrogen) atoms. The molecule has 0 saturated carbocycles. The molecule has 0 radical (unpaired) electrons. The summed E-state index contributed by atoms with van der Waals surface area (Å²) in [4.78, 5) is 5.04. The SMILES string of the molecule is CCc1ccc(S(=O)(=O)NCc2cn(-c3cccnc3)nn2)s1. The molecule has 0 aliphatic heterocycles. The van der Waals surface area contributed by atoms with Crippen molar-refractivity contribution in [1.29, 1.82) is 0 Å². The predicted octanol–water partition coefficient (Wildman–Crippen LogP) is 1.76. The van der Waals surface area contributed by atoms with Crippen molar-refractivity contribution in [2.24, 2.45) is 0 Å². The van der Waals surface area contributed by atoms with Gasteiger partial charge in [0, 0.05) is 11.1 Å². The van der Waals surface area contributed by atoms with Gasteiger partial charge in [-0.3, -0.25) is 4.98 Å². The fourth-order valence-electron chi connectivity index (χ4n) is 1.93. The molecule has 0 bridgehead atoms. The molecule has 0 aliphatic rings. The monoisotopic (exact) mass is 349 g/mol. The van der Waals surface area contributed by atoms with Gasteiger partial charge in [-0.15, -0.1) is 16.4 Å². The third kappa shape index (κ3) is 3.63. The molecule has 0 spiro atoms. The number of thiophene rings is 1. The van der Waals surface area contributed by atoms with Crippen LogP contribution in [0.2, 0.25) is 0 Å². The molecule has 0 aliphatic carbocycles. The van der Waals surface area contributed by atoms with Gasteiger partial charge < -0.3 is 0 Å². The molecule has 3 aromatic rings. The Bertz CT molecular complexity index is 887. The summed E-state index contributed by atoms with van der Waals surface area (Å²) in [6.07, 6.45) is 5.81. The van der Waals surface area contributed by atoms with Crippen LogP contribution in [0.25, 0.3) is 5.69 Å². The molecule has 0 aromatic carbocycles. The van der Waals surface area contributed by atoms with Gasteiger partial charge in [-0.2, -0.15) is 0 Å². The topological polar surface area (TPSA) is 89.8 Å². The lowest BCUT2D eigenvalue weighted by Crippen LogP contribution is -2.22. The van der Waals surface area contributed by atoms with E-state index in [1.807, 2.05) is 19.1 Å². The molecule has 7 nitrogen and oxygen atoms in total. The van der Waals surface area contributed by atoms with E-state index in [0.29, 0.717) is 9.90 Å². The Kier molecular flexibility index (Phi) is 4.51. The molecule has 3 heterocycles. The van der Waals surface area contributed by atoms with Crippen molar-refractivity contribution in [2.75, 3.05) is 0 Å². The quantitative estimate of drug-likeness (QED) is 0.732. The van der Waals surface area contributed by atoms with Gasteiger partial charge in [0.25, 0.3) is 0 Å². The van der Waals surface area contributed by atoms with Crippen LogP contribution in [0.1, 0.15) is 17.5 Å². The fraction of sp³-hybridized carbons (Fsp3) is 0.214. The Morgan fingerprint density at radius 1 is 1.30 bits per heavy atom. The highest BCUT2D eigenvalue weighted by Crippen LogP contribution is 2.21. The molecular weight excluding hydrogens is 334 g/mol. The summed E-state index contributed by atoms with van der Waals surface area (Å²) < 4.78 is 28.9. The van der Waals surface area contributed by atoms with E-state index >= 15 is 0 Å². The zero-order valence-corrected chi connectivity index (χ0v) is 14.0. The molecule has 3 aromatic heterocycles. The molecule has 0 unspecified atom stereocenters. The maximum atomic E-state index is 12.2. The van der Waals surface area contributed by atoms with Gasteiger partial charge in [-0.1, -0.05) is 12.1 Å². The first-order valence-electron chi connectivity index (χ1n) is 6.98. The summed E-state index contributed by atoms with van der Waals surface area (Å²) in [6.45, 7) is 2.08. The zero-order chi connectivity index (χ0) is 16.3. The van der Waals surface area contributed by atoms with Gasteiger partial charge in [0.05, 0.1) is 30.3 Å². The largest absolute Gasteiger partial charge is 0.262 e. The van der Waals surface area contributed by atoms with Crippen LogP contribution >= 0.6 is 11.3 Å². The second-order valence-corrected chi connectivity index (χ2v) is 7.93. The molecule has 120 valence electrons. The van der Waals surface area contributed by atoms with Crippen molar-refractivity contribution in [3.05, 3.63) is 53.4 Å². The van der Waals surface area contributed by atoms with Crippen LogP contribution in [0.15, 0.2) is 47.1 Å².